The Labute approximate surface area is 205 Å². The molecule has 0 unspecified atom stereocenters. The van der Waals surface area contributed by atoms with Gasteiger partial charge in [0.15, 0.2) is 6.10 Å². The van der Waals surface area contributed by atoms with Crippen molar-refractivity contribution >= 4 is 52.4 Å². The Morgan fingerprint density at radius 1 is 0.882 bits per heavy atom. The molecule has 2 amide bonds. The number of carbonyl (C=O) groups is 3. The van der Waals surface area contributed by atoms with Crippen LogP contribution in [0.15, 0.2) is 72.8 Å². The van der Waals surface area contributed by atoms with Gasteiger partial charge in [-0.3, -0.25) is 14.4 Å². The molecule has 5 rings (SSSR count). The predicted molar refractivity (Wildman–Crippen MR) is 127 cm³/mol. The first-order valence-electron chi connectivity index (χ1n) is 10.4. The van der Waals surface area contributed by atoms with Gasteiger partial charge in [0.1, 0.15) is 5.92 Å². The Kier molecular flexibility index (Phi) is 5.77. The van der Waals surface area contributed by atoms with Gasteiger partial charge in [-0.2, -0.15) is 0 Å². The molecule has 0 N–H and O–H groups in total. The summed E-state index contributed by atoms with van der Waals surface area (Å²) in [6, 6.07) is 19.9. The summed E-state index contributed by atoms with van der Waals surface area (Å²) in [4.78, 5) is 46.0. The van der Waals surface area contributed by atoms with Crippen LogP contribution in [0.3, 0.4) is 0 Å². The number of anilines is 2. The van der Waals surface area contributed by atoms with Gasteiger partial charge in [0.25, 0.3) is 5.91 Å². The Morgan fingerprint density at radius 2 is 1.59 bits per heavy atom. The number of nitrogens with zero attached hydrogens (tertiary/aromatic N) is 2. The van der Waals surface area contributed by atoms with Crippen LogP contribution in [-0.4, -0.2) is 31.0 Å². The third kappa shape index (κ3) is 3.62. The van der Waals surface area contributed by atoms with Crippen LogP contribution in [0.2, 0.25) is 10.0 Å². The summed E-state index contributed by atoms with van der Waals surface area (Å²) in [7, 11) is 1.31. The van der Waals surface area contributed by atoms with Crippen LogP contribution in [0.1, 0.15) is 22.0 Å². The number of rotatable bonds is 4. The fourth-order valence-electron chi connectivity index (χ4n) is 4.37. The van der Waals surface area contributed by atoms with E-state index in [1.165, 1.54) is 19.2 Å². The number of halogens is 2. The topological polar surface area (TPSA) is 76.2 Å². The molecule has 34 heavy (non-hydrogen) atoms. The molecule has 172 valence electrons. The lowest BCUT2D eigenvalue weighted by molar-refractivity contribution is -0.126. The SMILES string of the molecule is COC(=O)c1ccc([C@H]2[C@H]3C(=O)N(c4ccc(Cl)c(Cl)c4)C(=O)[C@@H]3ON2c2ccccc2)cc1. The van der Waals surface area contributed by atoms with Crippen LogP contribution >= 0.6 is 23.2 Å². The van der Waals surface area contributed by atoms with Crippen LogP contribution in [0.4, 0.5) is 11.4 Å². The van der Waals surface area contributed by atoms with Crippen molar-refractivity contribution in [2.75, 3.05) is 17.1 Å². The summed E-state index contributed by atoms with van der Waals surface area (Å²) in [6.07, 6.45) is -1.02. The predicted octanol–water partition coefficient (Wildman–Crippen LogP) is 4.83. The highest BCUT2D eigenvalue weighted by Crippen LogP contribution is 2.47. The fraction of sp³-hybridized carbons (Fsp3) is 0.160. The zero-order valence-electron chi connectivity index (χ0n) is 17.9. The lowest BCUT2D eigenvalue weighted by atomic mass is 9.90. The first-order valence-corrected chi connectivity index (χ1v) is 11.2. The van der Waals surface area contributed by atoms with Crippen molar-refractivity contribution in [1.82, 2.24) is 0 Å². The Bertz CT molecular complexity index is 1280. The van der Waals surface area contributed by atoms with Crippen LogP contribution in [0.5, 0.6) is 0 Å². The summed E-state index contributed by atoms with van der Waals surface area (Å²) in [5.74, 6) is -2.17. The first-order chi connectivity index (χ1) is 16.4. The van der Waals surface area contributed by atoms with Gasteiger partial charge in [0.2, 0.25) is 5.91 Å². The third-order valence-corrected chi connectivity index (χ3v) is 6.70. The minimum atomic E-state index is -1.02. The summed E-state index contributed by atoms with van der Waals surface area (Å²) >= 11 is 12.1. The van der Waals surface area contributed by atoms with Crippen molar-refractivity contribution in [3.8, 4) is 0 Å². The third-order valence-electron chi connectivity index (χ3n) is 5.96. The van der Waals surface area contributed by atoms with E-state index in [1.807, 2.05) is 30.3 Å². The maximum atomic E-state index is 13.6. The zero-order valence-corrected chi connectivity index (χ0v) is 19.4. The largest absolute Gasteiger partial charge is 0.465 e. The first kappa shape index (κ1) is 22.4. The molecule has 0 bridgehead atoms. The molecular weight excluding hydrogens is 479 g/mol. The molecule has 2 aliphatic rings. The molecule has 2 aliphatic heterocycles. The van der Waals surface area contributed by atoms with E-state index >= 15 is 0 Å². The molecule has 0 spiro atoms. The van der Waals surface area contributed by atoms with Crippen molar-refractivity contribution in [3.63, 3.8) is 0 Å². The molecule has 3 aromatic rings. The summed E-state index contributed by atoms with van der Waals surface area (Å²) in [6.45, 7) is 0. The van der Waals surface area contributed by atoms with Crippen LogP contribution in [0, 0.1) is 5.92 Å². The van der Waals surface area contributed by atoms with E-state index in [9.17, 15) is 14.4 Å². The Hall–Kier alpha value is -3.39. The molecule has 7 nitrogen and oxygen atoms in total. The van der Waals surface area contributed by atoms with Crippen LogP contribution in [-0.2, 0) is 19.2 Å². The van der Waals surface area contributed by atoms with Crippen molar-refractivity contribution < 1.29 is 24.0 Å². The van der Waals surface area contributed by atoms with E-state index in [-0.39, 0.29) is 5.02 Å². The van der Waals surface area contributed by atoms with Gasteiger partial charge in [0.05, 0.1) is 40.1 Å². The second-order valence-corrected chi connectivity index (χ2v) is 8.70. The van der Waals surface area contributed by atoms with Crippen molar-refractivity contribution in [2.45, 2.75) is 12.1 Å². The minimum absolute atomic E-state index is 0.235. The number of carbonyl (C=O) groups excluding carboxylic acids is 3. The molecule has 0 saturated carbocycles. The Balaban J connectivity index is 1.56. The standard InChI is InChI=1S/C25H18Cl2N2O5/c1-33-25(32)15-9-7-14(8-10-15)21-20-22(34-29(21)16-5-3-2-4-6-16)24(31)28(23(20)30)17-11-12-18(26)19(27)13-17/h2-13,20-22H,1H3/t20-,21+,22-/m1/s1. The van der Waals surface area contributed by atoms with Gasteiger partial charge < -0.3 is 4.74 Å². The van der Waals surface area contributed by atoms with Gasteiger partial charge in [-0.15, -0.1) is 0 Å². The number of para-hydroxylation sites is 1. The van der Waals surface area contributed by atoms with Gasteiger partial charge in [-0.25, -0.2) is 14.8 Å². The molecular formula is C25H18Cl2N2O5. The number of methoxy groups -OCH3 is 1. The van der Waals surface area contributed by atoms with E-state index in [2.05, 4.69) is 0 Å². The molecule has 2 fully saturated rings. The number of amides is 2. The molecule has 0 aromatic heterocycles. The minimum Gasteiger partial charge on any atom is -0.465 e. The summed E-state index contributed by atoms with van der Waals surface area (Å²) in [5.41, 5.74) is 2.11. The number of esters is 1. The lowest BCUT2D eigenvalue weighted by Gasteiger charge is -2.29. The second-order valence-electron chi connectivity index (χ2n) is 7.88. The highest BCUT2D eigenvalue weighted by Gasteiger charge is 2.60. The molecule has 2 saturated heterocycles. The van der Waals surface area contributed by atoms with Crippen molar-refractivity contribution in [2.24, 2.45) is 5.92 Å². The monoisotopic (exact) mass is 496 g/mol. The number of benzene rings is 3. The number of fused-ring (bicyclic) bond motifs is 1. The number of hydroxylamine groups is 1. The molecule has 3 aromatic carbocycles. The van der Waals surface area contributed by atoms with E-state index in [0.29, 0.717) is 27.5 Å². The molecule has 0 radical (unpaired) electrons. The van der Waals surface area contributed by atoms with Gasteiger partial charge in [-0.05, 0) is 48.0 Å². The average molecular weight is 497 g/mol. The smallest absolute Gasteiger partial charge is 0.337 e. The van der Waals surface area contributed by atoms with Crippen molar-refractivity contribution in [3.05, 3.63) is 94.0 Å². The van der Waals surface area contributed by atoms with Crippen LogP contribution < -0.4 is 9.96 Å². The zero-order chi connectivity index (χ0) is 24.0. The van der Waals surface area contributed by atoms with E-state index in [0.717, 1.165) is 4.90 Å². The van der Waals surface area contributed by atoms with Gasteiger partial charge in [-0.1, -0.05) is 53.5 Å². The summed E-state index contributed by atoms with van der Waals surface area (Å²) in [5, 5.41) is 2.14. The van der Waals surface area contributed by atoms with E-state index < -0.39 is 35.8 Å². The molecule has 0 aliphatic carbocycles. The Morgan fingerprint density at radius 3 is 2.24 bits per heavy atom. The average Bonchev–Trinajstić information content (AvgIpc) is 3.37. The van der Waals surface area contributed by atoms with Gasteiger partial charge >= 0.3 is 5.97 Å². The highest BCUT2D eigenvalue weighted by molar-refractivity contribution is 6.42. The molecule has 9 heteroatoms. The van der Waals surface area contributed by atoms with E-state index in [4.69, 9.17) is 32.8 Å². The number of hydrogen-bond acceptors (Lipinski definition) is 6. The molecule has 2 heterocycles. The highest BCUT2D eigenvalue weighted by atomic mass is 35.5. The maximum Gasteiger partial charge on any atom is 0.337 e. The van der Waals surface area contributed by atoms with Crippen molar-refractivity contribution in [1.29, 1.82) is 0 Å². The maximum absolute atomic E-state index is 13.6. The molecule has 3 atom stereocenters. The van der Waals surface area contributed by atoms with Crippen LogP contribution in [0.25, 0.3) is 0 Å². The number of imide groups is 1. The summed E-state index contributed by atoms with van der Waals surface area (Å²) < 4.78 is 4.77. The quantitative estimate of drug-likeness (QED) is 0.380. The number of ether oxygens (including phenoxy) is 1. The lowest BCUT2D eigenvalue weighted by Crippen LogP contribution is -2.37. The fourth-order valence-corrected chi connectivity index (χ4v) is 4.66. The second kappa shape index (κ2) is 8.76. The van der Waals surface area contributed by atoms with E-state index in [1.54, 1.807) is 35.4 Å². The normalized spacial score (nSPS) is 21.7. The number of hydrogen-bond donors (Lipinski definition) is 0. The van der Waals surface area contributed by atoms with Gasteiger partial charge in [0, 0.05) is 0 Å².